The van der Waals surface area contributed by atoms with Gasteiger partial charge >= 0.3 is 0 Å². The first-order valence-electron chi connectivity index (χ1n) is 4.19. The van der Waals surface area contributed by atoms with Gasteiger partial charge in [-0.15, -0.1) is 0 Å². The minimum Gasteiger partial charge on any atom is -0.349 e. The molecular formula is C9H13NO2. The standard InChI is InChI=1S/C9H13NO2/c11-6-9(10-7-12)5-8-3-1-2-4-8/h3,6-7,9H,1-2,4-5H2,(H,10,12)/t9-/m0/s1. The van der Waals surface area contributed by atoms with Crippen LogP contribution in [0.3, 0.4) is 0 Å². The van der Waals surface area contributed by atoms with Gasteiger partial charge in [-0.2, -0.15) is 0 Å². The van der Waals surface area contributed by atoms with Crippen LogP contribution in [-0.2, 0) is 9.59 Å². The van der Waals surface area contributed by atoms with Crippen LogP contribution in [0.15, 0.2) is 11.6 Å². The maximum atomic E-state index is 10.4. The highest BCUT2D eigenvalue weighted by molar-refractivity contribution is 5.64. The number of hydrogen-bond acceptors (Lipinski definition) is 2. The van der Waals surface area contributed by atoms with Crippen LogP contribution in [0, 0.1) is 0 Å². The van der Waals surface area contributed by atoms with Crippen LogP contribution in [0.5, 0.6) is 0 Å². The highest BCUT2D eigenvalue weighted by atomic mass is 16.1. The van der Waals surface area contributed by atoms with Crippen molar-refractivity contribution in [1.82, 2.24) is 5.32 Å². The summed E-state index contributed by atoms with van der Waals surface area (Å²) in [6, 6.07) is -0.327. The van der Waals surface area contributed by atoms with Gasteiger partial charge < -0.3 is 10.1 Å². The highest BCUT2D eigenvalue weighted by Crippen LogP contribution is 2.21. The van der Waals surface area contributed by atoms with Crippen molar-refractivity contribution >= 4 is 12.7 Å². The van der Waals surface area contributed by atoms with Crippen LogP contribution in [0.2, 0.25) is 0 Å². The lowest BCUT2D eigenvalue weighted by atomic mass is 10.1. The Morgan fingerprint density at radius 3 is 2.92 bits per heavy atom. The van der Waals surface area contributed by atoms with Crippen molar-refractivity contribution in [1.29, 1.82) is 0 Å². The fraction of sp³-hybridized carbons (Fsp3) is 0.556. The zero-order valence-corrected chi connectivity index (χ0v) is 6.95. The van der Waals surface area contributed by atoms with Crippen LogP contribution in [-0.4, -0.2) is 18.7 Å². The smallest absolute Gasteiger partial charge is 0.207 e. The van der Waals surface area contributed by atoms with Gasteiger partial charge in [0.05, 0.1) is 6.04 Å². The van der Waals surface area contributed by atoms with Gasteiger partial charge in [0.15, 0.2) is 0 Å². The Hall–Kier alpha value is -1.12. The third-order valence-corrected chi connectivity index (χ3v) is 2.06. The largest absolute Gasteiger partial charge is 0.349 e. The molecule has 3 nitrogen and oxygen atoms in total. The highest BCUT2D eigenvalue weighted by Gasteiger charge is 2.11. The predicted molar refractivity (Wildman–Crippen MR) is 45.6 cm³/mol. The van der Waals surface area contributed by atoms with E-state index >= 15 is 0 Å². The Morgan fingerprint density at radius 2 is 2.42 bits per heavy atom. The average molecular weight is 167 g/mol. The fourth-order valence-electron chi connectivity index (χ4n) is 1.44. The molecule has 0 unspecified atom stereocenters. The van der Waals surface area contributed by atoms with E-state index in [1.54, 1.807) is 0 Å². The molecule has 0 aromatic rings. The molecule has 1 aliphatic carbocycles. The van der Waals surface area contributed by atoms with E-state index in [4.69, 9.17) is 0 Å². The van der Waals surface area contributed by atoms with Gasteiger partial charge in [0.2, 0.25) is 6.41 Å². The molecule has 0 saturated heterocycles. The summed E-state index contributed by atoms with van der Waals surface area (Å²) in [5, 5.41) is 2.47. The Kier molecular flexibility index (Phi) is 3.51. The molecule has 0 radical (unpaired) electrons. The van der Waals surface area contributed by atoms with Crippen molar-refractivity contribution in [3.8, 4) is 0 Å². The SMILES string of the molecule is O=CN[C@H](C=O)CC1=CCCC1. The number of carbonyl (C=O) groups is 2. The van der Waals surface area contributed by atoms with Gasteiger partial charge in [-0.1, -0.05) is 11.6 Å². The molecule has 0 aromatic heterocycles. The van der Waals surface area contributed by atoms with Gasteiger partial charge in [0, 0.05) is 0 Å². The molecule has 0 spiro atoms. The Balaban J connectivity index is 2.35. The molecule has 0 saturated carbocycles. The van der Waals surface area contributed by atoms with E-state index in [1.165, 1.54) is 12.0 Å². The number of hydrogen-bond donors (Lipinski definition) is 1. The topological polar surface area (TPSA) is 46.2 Å². The number of aldehydes is 1. The summed E-state index contributed by atoms with van der Waals surface area (Å²) in [6.45, 7) is 0. The molecule has 1 N–H and O–H groups in total. The van der Waals surface area contributed by atoms with Crippen molar-refractivity contribution in [2.24, 2.45) is 0 Å². The number of amides is 1. The van der Waals surface area contributed by atoms with Crippen LogP contribution >= 0.6 is 0 Å². The van der Waals surface area contributed by atoms with Crippen molar-refractivity contribution < 1.29 is 9.59 Å². The second-order valence-corrected chi connectivity index (χ2v) is 2.99. The van der Waals surface area contributed by atoms with Crippen molar-refractivity contribution in [2.45, 2.75) is 31.7 Å². The van der Waals surface area contributed by atoms with E-state index in [-0.39, 0.29) is 6.04 Å². The zero-order chi connectivity index (χ0) is 8.81. The first kappa shape index (κ1) is 8.97. The maximum absolute atomic E-state index is 10.4. The second kappa shape index (κ2) is 4.70. The summed E-state index contributed by atoms with van der Waals surface area (Å²) in [5.74, 6) is 0. The lowest BCUT2D eigenvalue weighted by Gasteiger charge is -2.08. The fourth-order valence-corrected chi connectivity index (χ4v) is 1.44. The van der Waals surface area contributed by atoms with E-state index in [0.717, 1.165) is 19.1 Å². The lowest BCUT2D eigenvalue weighted by Crippen LogP contribution is -2.29. The first-order chi connectivity index (χ1) is 5.86. The van der Waals surface area contributed by atoms with Crippen LogP contribution in [0.1, 0.15) is 25.7 Å². The maximum Gasteiger partial charge on any atom is 0.207 e. The summed E-state index contributed by atoms with van der Waals surface area (Å²) in [6.07, 6.45) is 7.57. The van der Waals surface area contributed by atoms with E-state index in [1.807, 2.05) is 0 Å². The quantitative estimate of drug-likeness (QED) is 0.486. The van der Waals surface area contributed by atoms with E-state index in [0.29, 0.717) is 12.8 Å². The average Bonchev–Trinajstić information content (AvgIpc) is 2.56. The minimum atomic E-state index is -0.327. The number of rotatable bonds is 5. The predicted octanol–water partition coefficient (Wildman–Crippen LogP) is 0.800. The van der Waals surface area contributed by atoms with Crippen LogP contribution in [0.25, 0.3) is 0 Å². The van der Waals surface area contributed by atoms with Gasteiger partial charge in [-0.05, 0) is 25.7 Å². The van der Waals surface area contributed by atoms with Gasteiger partial charge in [0.1, 0.15) is 6.29 Å². The van der Waals surface area contributed by atoms with Gasteiger partial charge in [-0.25, -0.2) is 0 Å². The summed E-state index contributed by atoms with van der Waals surface area (Å²) < 4.78 is 0. The van der Waals surface area contributed by atoms with E-state index in [9.17, 15) is 9.59 Å². The normalized spacial score (nSPS) is 18.2. The van der Waals surface area contributed by atoms with E-state index < -0.39 is 0 Å². The molecule has 0 aromatic carbocycles. The molecule has 1 amide bonds. The molecule has 0 aliphatic heterocycles. The molecule has 1 rings (SSSR count). The molecule has 0 heterocycles. The summed E-state index contributed by atoms with van der Waals surface area (Å²) in [7, 11) is 0. The summed E-state index contributed by atoms with van der Waals surface area (Å²) in [4.78, 5) is 20.5. The third-order valence-electron chi connectivity index (χ3n) is 2.06. The number of carbonyl (C=O) groups excluding carboxylic acids is 2. The molecule has 1 aliphatic rings. The molecular weight excluding hydrogens is 154 g/mol. The zero-order valence-electron chi connectivity index (χ0n) is 6.95. The molecule has 1 atom stereocenters. The molecule has 0 bridgehead atoms. The molecule has 12 heavy (non-hydrogen) atoms. The summed E-state index contributed by atoms with van der Waals surface area (Å²) in [5.41, 5.74) is 1.29. The lowest BCUT2D eigenvalue weighted by molar-refractivity contribution is -0.115. The Labute approximate surface area is 71.8 Å². The van der Waals surface area contributed by atoms with E-state index in [2.05, 4.69) is 11.4 Å². The number of allylic oxidation sites excluding steroid dienone is 1. The van der Waals surface area contributed by atoms with Gasteiger partial charge in [0.25, 0.3) is 0 Å². The summed E-state index contributed by atoms with van der Waals surface area (Å²) >= 11 is 0. The third kappa shape index (κ3) is 2.49. The molecule has 0 fully saturated rings. The molecule has 3 heteroatoms. The van der Waals surface area contributed by atoms with Crippen LogP contribution < -0.4 is 5.32 Å². The Bertz CT molecular complexity index is 199. The molecule has 66 valence electrons. The Morgan fingerprint density at radius 1 is 1.58 bits per heavy atom. The van der Waals surface area contributed by atoms with Crippen LogP contribution in [0.4, 0.5) is 0 Å². The van der Waals surface area contributed by atoms with Crippen molar-refractivity contribution in [2.75, 3.05) is 0 Å². The second-order valence-electron chi connectivity index (χ2n) is 2.99. The monoisotopic (exact) mass is 167 g/mol. The number of nitrogens with one attached hydrogen (secondary N) is 1. The van der Waals surface area contributed by atoms with Crippen molar-refractivity contribution in [3.05, 3.63) is 11.6 Å². The first-order valence-corrected chi connectivity index (χ1v) is 4.19. The van der Waals surface area contributed by atoms with Gasteiger partial charge in [-0.3, -0.25) is 4.79 Å². The minimum absolute atomic E-state index is 0.327. The van der Waals surface area contributed by atoms with Crippen molar-refractivity contribution in [3.63, 3.8) is 0 Å².